The maximum Gasteiger partial charge on any atom is 0.223 e. The van der Waals surface area contributed by atoms with Crippen LogP contribution in [-0.4, -0.2) is 79.5 Å². The van der Waals surface area contributed by atoms with E-state index in [2.05, 4.69) is 21.8 Å². The van der Waals surface area contributed by atoms with E-state index < -0.39 is 0 Å². The first-order valence-electron chi connectivity index (χ1n) is 13.4. The molecule has 0 radical (unpaired) electrons. The average molecular weight is 603 g/mol. The van der Waals surface area contributed by atoms with Gasteiger partial charge >= 0.3 is 0 Å². The first-order chi connectivity index (χ1) is 19.7. The van der Waals surface area contributed by atoms with Gasteiger partial charge in [-0.1, -0.05) is 29.8 Å². The molecule has 10 nitrogen and oxygen atoms in total. The fourth-order valence-electron chi connectivity index (χ4n) is 5.37. The molecule has 5 rings (SSSR count). The smallest absolute Gasteiger partial charge is 0.223 e. The van der Waals surface area contributed by atoms with Gasteiger partial charge in [0, 0.05) is 48.6 Å². The summed E-state index contributed by atoms with van der Waals surface area (Å²) in [6.07, 6.45) is 3.41. The van der Waals surface area contributed by atoms with E-state index in [1.165, 1.54) is 20.3 Å². The highest BCUT2D eigenvalue weighted by atomic mass is 35.5. The second-order valence-electron chi connectivity index (χ2n) is 10.3. The average Bonchev–Trinajstić information content (AvgIpc) is 3.38. The Hall–Kier alpha value is -3.18. The lowest BCUT2D eigenvalue weighted by atomic mass is 9.97. The number of hydrogen-bond acceptors (Lipinski definition) is 10. The molecular weight excluding hydrogens is 569 g/mol. The lowest BCUT2D eigenvalue weighted by Crippen LogP contribution is -2.46. The minimum absolute atomic E-state index is 0.00645. The van der Waals surface area contributed by atoms with Crippen LogP contribution in [0.5, 0.6) is 11.5 Å². The number of nitrogens with zero attached hydrogens (tertiary/aromatic N) is 4. The monoisotopic (exact) mass is 601 g/mol. The van der Waals surface area contributed by atoms with Gasteiger partial charge in [-0.25, -0.2) is 15.0 Å². The third kappa shape index (κ3) is 6.06. The van der Waals surface area contributed by atoms with Gasteiger partial charge in [0.2, 0.25) is 5.95 Å². The zero-order valence-corrected chi connectivity index (χ0v) is 25.0. The Kier molecular flexibility index (Phi) is 8.84. The van der Waals surface area contributed by atoms with Gasteiger partial charge in [0.1, 0.15) is 17.0 Å². The predicted molar refractivity (Wildman–Crippen MR) is 160 cm³/mol. The summed E-state index contributed by atoms with van der Waals surface area (Å²) in [4.78, 5) is 28.7. The molecule has 2 aliphatic rings. The quantitative estimate of drug-likeness (QED) is 0.329. The molecule has 0 spiro atoms. The molecule has 4 heterocycles. The summed E-state index contributed by atoms with van der Waals surface area (Å²) in [7, 11) is 3.06. The van der Waals surface area contributed by atoms with E-state index >= 15 is 0 Å². The van der Waals surface area contributed by atoms with Crippen LogP contribution in [0.4, 0.5) is 11.8 Å². The molecule has 2 aromatic heterocycles. The van der Waals surface area contributed by atoms with Crippen LogP contribution < -0.4 is 19.7 Å². The second-order valence-corrected chi connectivity index (χ2v) is 11.1. The maximum absolute atomic E-state index is 12.0. The number of morpholine rings is 1. The first kappa shape index (κ1) is 29.3. The van der Waals surface area contributed by atoms with E-state index in [0.29, 0.717) is 82.8 Å². The highest BCUT2D eigenvalue weighted by Gasteiger charge is 2.31. The van der Waals surface area contributed by atoms with Gasteiger partial charge in [0.15, 0.2) is 11.6 Å². The summed E-state index contributed by atoms with van der Waals surface area (Å²) < 4.78 is 22.6. The van der Waals surface area contributed by atoms with Crippen LogP contribution in [0, 0.1) is 5.92 Å². The zero-order chi connectivity index (χ0) is 29.3. The van der Waals surface area contributed by atoms with E-state index in [4.69, 9.17) is 52.1 Å². The van der Waals surface area contributed by atoms with Crippen molar-refractivity contribution >= 4 is 51.7 Å². The highest BCUT2D eigenvalue weighted by molar-refractivity contribution is 6.41. The number of aromatic nitrogens is 3. The number of ether oxygens (including phenoxy) is 4. The van der Waals surface area contributed by atoms with Crippen molar-refractivity contribution in [3.05, 3.63) is 41.0 Å². The number of methoxy groups -OCH3 is 2. The molecule has 2 fully saturated rings. The van der Waals surface area contributed by atoms with Crippen LogP contribution in [0.1, 0.15) is 20.3 Å². The number of nitrogens with one attached hydrogen (secondary N) is 1. The van der Waals surface area contributed by atoms with E-state index in [9.17, 15) is 4.79 Å². The molecule has 12 heteroatoms. The molecule has 3 aromatic rings. The number of pyridine rings is 1. The van der Waals surface area contributed by atoms with Crippen LogP contribution in [0.3, 0.4) is 0 Å². The van der Waals surface area contributed by atoms with Crippen molar-refractivity contribution in [3.63, 3.8) is 0 Å². The van der Waals surface area contributed by atoms with Crippen LogP contribution >= 0.6 is 23.2 Å². The van der Waals surface area contributed by atoms with Gasteiger partial charge < -0.3 is 29.2 Å². The molecule has 0 saturated carbocycles. The summed E-state index contributed by atoms with van der Waals surface area (Å²) in [6.45, 7) is 9.81. The summed E-state index contributed by atoms with van der Waals surface area (Å²) in [5.74, 6) is 1.88. The van der Waals surface area contributed by atoms with Gasteiger partial charge in [0.05, 0.1) is 61.4 Å². The number of hydrogen-bond donors (Lipinski definition) is 1. The maximum atomic E-state index is 12.0. The minimum Gasteiger partial charge on any atom is -0.495 e. The van der Waals surface area contributed by atoms with Crippen LogP contribution in [0.25, 0.3) is 22.2 Å². The molecular formula is C29H33Cl2N5O5. The largest absolute Gasteiger partial charge is 0.495 e. The van der Waals surface area contributed by atoms with Crippen molar-refractivity contribution in [2.75, 3.05) is 50.7 Å². The first-order valence-corrected chi connectivity index (χ1v) is 14.2. The lowest BCUT2D eigenvalue weighted by Gasteiger charge is -2.36. The predicted octanol–water partition coefficient (Wildman–Crippen LogP) is 5.20. The highest BCUT2D eigenvalue weighted by Crippen LogP contribution is 2.46. The Morgan fingerprint density at radius 3 is 2.44 bits per heavy atom. The fourth-order valence-corrected chi connectivity index (χ4v) is 6.06. The Balaban J connectivity index is 1.61. The molecule has 0 aliphatic carbocycles. The van der Waals surface area contributed by atoms with Crippen molar-refractivity contribution in [2.45, 2.75) is 38.5 Å². The number of halogens is 2. The van der Waals surface area contributed by atoms with Crippen molar-refractivity contribution in [3.8, 4) is 22.8 Å². The standard InChI is InChI=1S/C29H33Cl2N5O5/c1-6-19(37)7-18-13-40-14-21(18)34-29-32-10-17-8-20(24-25(30)22(38-4)9-23(39-5)26(24)31)33-28(27(17)35-29)36-11-15(2)41-16(3)12-36/h6,8-10,15-16,18,21H,1,7,11-14H2,2-5H3,(H,32,34,35)/t15?,16?,18-,21+/m0/s1. The minimum atomic E-state index is -0.114. The van der Waals surface area contributed by atoms with Crippen LogP contribution in [0.15, 0.2) is 31.0 Å². The van der Waals surface area contributed by atoms with Gasteiger partial charge in [-0.05, 0) is 26.0 Å². The number of anilines is 2. The van der Waals surface area contributed by atoms with Gasteiger partial charge in [0.25, 0.3) is 0 Å². The fraction of sp³-hybridized carbons (Fsp3) is 0.448. The molecule has 218 valence electrons. The Bertz CT molecular complexity index is 1430. The van der Waals surface area contributed by atoms with Crippen molar-refractivity contribution in [1.82, 2.24) is 15.0 Å². The topological polar surface area (TPSA) is 108 Å². The molecule has 0 bridgehead atoms. The van der Waals surface area contributed by atoms with Crippen LogP contribution in [0.2, 0.25) is 10.0 Å². The van der Waals surface area contributed by atoms with Gasteiger partial charge in [-0.3, -0.25) is 4.79 Å². The number of carbonyl (C=O) groups excluding carboxylic acids is 1. The van der Waals surface area contributed by atoms with Crippen molar-refractivity contribution in [1.29, 1.82) is 0 Å². The van der Waals surface area contributed by atoms with Crippen molar-refractivity contribution < 1.29 is 23.7 Å². The Morgan fingerprint density at radius 2 is 1.80 bits per heavy atom. The molecule has 2 unspecified atom stereocenters. The number of carbonyl (C=O) groups is 1. The number of benzene rings is 1. The van der Waals surface area contributed by atoms with Gasteiger partial charge in [-0.2, -0.15) is 0 Å². The van der Waals surface area contributed by atoms with Crippen molar-refractivity contribution in [2.24, 2.45) is 5.92 Å². The Morgan fingerprint density at radius 1 is 1.12 bits per heavy atom. The summed E-state index contributed by atoms with van der Waals surface area (Å²) in [5, 5.41) is 4.76. The molecule has 41 heavy (non-hydrogen) atoms. The zero-order valence-electron chi connectivity index (χ0n) is 23.4. The molecule has 2 saturated heterocycles. The third-order valence-corrected chi connectivity index (χ3v) is 8.05. The van der Waals surface area contributed by atoms with E-state index in [1.807, 2.05) is 19.9 Å². The SMILES string of the molecule is C=CC(=O)C[C@H]1COC[C@H]1Nc1ncc2cc(-c3c(Cl)c(OC)cc(OC)c3Cl)nc(N3CC(C)OC(C)C3)c2n1. The van der Waals surface area contributed by atoms with E-state index in [0.717, 1.165) is 5.39 Å². The van der Waals surface area contributed by atoms with E-state index in [-0.39, 0.29) is 30.0 Å². The van der Waals surface area contributed by atoms with Gasteiger partial charge in [-0.15, -0.1) is 0 Å². The Labute approximate surface area is 248 Å². The molecule has 2 aliphatic heterocycles. The number of rotatable bonds is 9. The van der Waals surface area contributed by atoms with Crippen LogP contribution in [-0.2, 0) is 14.3 Å². The number of fused-ring (bicyclic) bond motifs is 1. The third-order valence-electron chi connectivity index (χ3n) is 7.30. The normalized spacial score (nSPS) is 22.5. The summed E-state index contributed by atoms with van der Waals surface area (Å²) in [6, 6.07) is 3.38. The molecule has 4 atom stereocenters. The molecule has 1 N–H and O–H groups in total. The molecule has 1 aromatic carbocycles. The lowest BCUT2D eigenvalue weighted by molar-refractivity contribution is -0.115. The van der Waals surface area contributed by atoms with E-state index in [1.54, 1.807) is 12.3 Å². The summed E-state index contributed by atoms with van der Waals surface area (Å²) in [5.41, 5.74) is 1.68. The molecule has 0 amide bonds. The second kappa shape index (κ2) is 12.4. The number of ketones is 1. The summed E-state index contributed by atoms with van der Waals surface area (Å²) >= 11 is 13.5. The number of allylic oxidation sites excluding steroid dienone is 1.